The van der Waals surface area contributed by atoms with E-state index in [4.69, 9.17) is 14.2 Å². The van der Waals surface area contributed by atoms with E-state index >= 15 is 0 Å². The smallest absolute Gasteiger partial charge is 0.341 e. The molecule has 0 atom stereocenters. The fourth-order valence-corrected chi connectivity index (χ4v) is 1.93. The summed E-state index contributed by atoms with van der Waals surface area (Å²) in [4.78, 5) is 23.6. The second-order valence-corrected chi connectivity index (χ2v) is 4.72. The van der Waals surface area contributed by atoms with Gasteiger partial charge < -0.3 is 19.5 Å². The number of amides is 1. The van der Waals surface area contributed by atoms with Crippen molar-refractivity contribution in [3.63, 3.8) is 0 Å². The predicted molar refractivity (Wildman–Crippen MR) is 82.3 cm³/mol. The van der Waals surface area contributed by atoms with Gasteiger partial charge in [0.05, 0.1) is 14.2 Å². The first kappa shape index (κ1) is 17.8. The first-order valence-corrected chi connectivity index (χ1v) is 7.24. The van der Waals surface area contributed by atoms with Crippen LogP contribution in [0.15, 0.2) is 18.2 Å². The summed E-state index contributed by atoms with van der Waals surface area (Å²) in [5, 5.41) is 2.87. The van der Waals surface area contributed by atoms with Crippen LogP contribution in [0.5, 0.6) is 11.5 Å². The second-order valence-electron chi connectivity index (χ2n) is 4.72. The number of benzene rings is 1. The van der Waals surface area contributed by atoms with Gasteiger partial charge in [-0.3, -0.25) is 4.79 Å². The van der Waals surface area contributed by atoms with Crippen molar-refractivity contribution in [2.45, 2.75) is 32.7 Å². The maximum absolute atomic E-state index is 11.9. The van der Waals surface area contributed by atoms with E-state index in [1.807, 2.05) is 13.8 Å². The van der Waals surface area contributed by atoms with Crippen LogP contribution in [-0.4, -0.2) is 38.7 Å². The molecule has 0 saturated carbocycles. The SMILES string of the molecule is CCC(CC)NC(=O)COc1cc(OC)ccc1C(=O)OC. The lowest BCUT2D eigenvalue weighted by atomic mass is 10.2. The molecule has 0 fully saturated rings. The van der Waals surface area contributed by atoms with Crippen LogP contribution >= 0.6 is 0 Å². The second kappa shape index (κ2) is 8.92. The topological polar surface area (TPSA) is 73.9 Å². The molecular weight excluding hydrogens is 286 g/mol. The Morgan fingerprint density at radius 2 is 1.86 bits per heavy atom. The Hall–Kier alpha value is -2.24. The highest BCUT2D eigenvalue weighted by molar-refractivity contribution is 5.92. The summed E-state index contributed by atoms with van der Waals surface area (Å²) in [6.45, 7) is 3.84. The zero-order valence-corrected chi connectivity index (χ0v) is 13.5. The Balaban J connectivity index is 2.78. The number of ether oxygens (including phenoxy) is 3. The highest BCUT2D eigenvalue weighted by Gasteiger charge is 2.16. The number of hydrogen-bond acceptors (Lipinski definition) is 5. The van der Waals surface area contributed by atoms with Crippen LogP contribution < -0.4 is 14.8 Å². The van der Waals surface area contributed by atoms with Crippen molar-refractivity contribution in [2.24, 2.45) is 0 Å². The Kier molecular flexibility index (Phi) is 7.22. The minimum atomic E-state index is -0.530. The molecule has 0 bridgehead atoms. The van der Waals surface area contributed by atoms with E-state index in [0.717, 1.165) is 12.8 Å². The number of carbonyl (C=O) groups is 2. The lowest BCUT2D eigenvalue weighted by molar-refractivity contribution is -0.123. The molecule has 0 unspecified atom stereocenters. The summed E-state index contributed by atoms with van der Waals surface area (Å²) >= 11 is 0. The molecule has 1 aromatic rings. The third-order valence-electron chi connectivity index (χ3n) is 3.30. The van der Waals surface area contributed by atoms with Gasteiger partial charge in [0, 0.05) is 12.1 Å². The van der Waals surface area contributed by atoms with Gasteiger partial charge in [-0.15, -0.1) is 0 Å². The lowest BCUT2D eigenvalue weighted by Gasteiger charge is -2.16. The maximum atomic E-state index is 11.9. The van der Waals surface area contributed by atoms with Crippen LogP contribution in [0.3, 0.4) is 0 Å². The Bertz CT molecular complexity index is 511. The summed E-state index contributed by atoms with van der Waals surface area (Å²) in [6, 6.07) is 4.85. The average molecular weight is 309 g/mol. The number of nitrogens with one attached hydrogen (secondary N) is 1. The quantitative estimate of drug-likeness (QED) is 0.745. The van der Waals surface area contributed by atoms with Crippen molar-refractivity contribution >= 4 is 11.9 Å². The number of esters is 1. The molecule has 1 aromatic carbocycles. The number of methoxy groups -OCH3 is 2. The summed E-state index contributed by atoms with van der Waals surface area (Å²) < 4.78 is 15.3. The molecule has 122 valence electrons. The molecule has 6 heteroatoms. The molecule has 1 amide bonds. The van der Waals surface area contributed by atoms with Crippen molar-refractivity contribution in [1.29, 1.82) is 0 Å². The minimum absolute atomic E-state index is 0.126. The third-order valence-corrected chi connectivity index (χ3v) is 3.30. The van der Waals surface area contributed by atoms with Crippen molar-refractivity contribution in [3.05, 3.63) is 23.8 Å². The largest absolute Gasteiger partial charge is 0.497 e. The first-order valence-electron chi connectivity index (χ1n) is 7.24. The summed E-state index contributed by atoms with van der Waals surface area (Å²) in [7, 11) is 2.80. The van der Waals surface area contributed by atoms with E-state index in [1.165, 1.54) is 14.2 Å². The standard InChI is InChI=1S/C16H23NO5/c1-5-11(6-2)17-15(18)10-22-14-9-12(20-3)7-8-13(14)16(19)21-4/h7-9,11H,5-6,10H2,1-4H3,(H,17,18). The molecule has 0 aliphatic carbocycles. The van der Waals surface area contributed by atoms with Gasteiger partial charge >= 0.3 is 5.97 Å². The van der Waals surface area contributed by atoms with Gasteiger partial charge in [-0.1, -0.05) is 13.8 Å². The van der Waals surface area contributed by atoms with Crippen LogP contribution in [0, 0.1) is 0 Å². The molecule has 0 aliphatic rings. The van der Waals surface area contributed by atoms with Crippen LogP contribution in [0.25, 0.3) is 0 Å². The van der Waals surface area contributed by atoms with Gasteiger partial charge in [0.15, 0.2) is 6.61 Å². The molecule has 0 aromatic heterocycles. The molecule has 1 N–H and O–H groups in total. The fraction of sp³-hybridized carbons (Fsp3) is 0.500. The van der Waals surface area contributed by atoms with Crippen LogP contribution in [0.1, 0.15) is 37.0 Å². The summed E-state index contributed by atoms with van der Waals surface area (Å²) in [5.41, 5.74) is 0.249. The molecule has 6 nitrogen and oxygen atoms in total. The number of carbonyl (C=O) groups excluding carboxylic acids is 2. The molecule has 0 radical (unpaired) electrons. The molecule has 1 rings (SSSR count). The molecule has 0 heterocycles. The van der Waals surface area contributed by atoms with Gasteiger partial charge in [-0.25, -0.2) is 4.79 Å². The van der Waals surface area contributed by atoms with E-state index in [1.54, 1.807) is 18.2 Å². The van der Waals surface area contributed by atoms with Gasteiger partial charge in [-0.05, 0) is 25.0 Å². The predicted octanol–water partition coefficient (Wildman–Crippen LogP) is 2.17. The molecule has 0 aliphatic heterocycles. The van der Waals surface area contributed by atoms with E-state index < -0.39 is 5.97 Å². The van der Waals surface area contributed by atoms with Gasteiger partial charge in [-0.2, -0.15) is 0 Å². The highest BCUT2D eigenvalue weighted by Crippen LogP contribution is 2.25. The average Bonchev–Trinajstić information content (AvgIpc) is 2.56. The van der Waals surface area contributed by atoms with Crippen LogP contribution in [0.4, 0.5) is 0 Å². The summed E-state index contributed by atoms with van der Waals surface area (Å²) in [6.07, 6.45) is 1.71. The number of rotatable bonds is 8. The molecular formula is C16H23NO5. The Morgan fingerprint density at radius 3 is 2.41 bits per heavy atom. The Labute approximate surface area is 130 Å². The highest BCUT2D eigenvalue weighted by atomic mass is 16.5. The lowest BCUT2D eigenvalue weighted by Crippen LogP contribution is -2.37. The Morgan fingerprint density at radius 1 is 1.18 bits per heavy atom. The van der Waals surface area contributed by atoms with E-state index in [2.05, 4.69) is 5.32 Å². The molecule has 22 heavy (non-hydrogen) atoms. The van der Waals surface area contributed by atoms with Gasteiger partial charge in [0.1, 0.15) is 17.1 Å². The molecule has 0 saturated heterocycles. The minimum Gasteiger partial charge on any atom is -0.497 e. The van der Waals surface area contributed by atoms with E-state index in [-0.39, 0.29) is 29.9 Å². The van der Waals surface area contributed by atoms with E-state index in [0.29, 0.717) is 5.75 Å². The zero-order valence-electron chi connectivity index (χ0n) is 13.5. The monoisotopic (exact) mass is 309 g/mol. The van der Waals surface area contributed by atoms with Crippen LogP contribution in [-0.2, 0) is 9.53 Å². The van der Waals surface area contributed by atoms with Crippen molar-refractivity contribution in [2.75, 3.05) is 20.8 Å². The fourth-order valence-electron chi connectivity index (χ4n) is 1.93. The molecule has 0 spiro atoms. The maximum Gasteiger partial charge on any atom is 0.341 e. The third kappa shape index (κ3) is 4.95. The van der Waals surface area contributed by atoms with Crippen molar-refractivity contribution in [3.8, 4) is 11.5 Å². The normalized spacial score (nSPS) is 10.2. The van der Waals surface area contributed by atoms with Crippen LogP contribution in [0.2, 0.25) is 0 Å². The van der Waals surface area contributed by atoms with Gasteiger partial charge in [0.2, 0.25) is 0 Å². The zero-order chi connectivity index (χ0) is 16.5. The number of hydrogen-bond donors (Lipinski definition) is 1. The first-order chi connectivity index (χ1) is 10.5. The van der Waals surface area contributed by atoms with Crippen molar-refractivity contribution in [1.82, 2.24) is 5.32 Å². The van der Waals surface area contributed by atoms with E-state index in [9.17, 15) is 9.59 Å². The summed E-state index contributed by atoms with van der Waals surface area (Å²) in [5.74, 6) is 0.0272. The van der Waals surface area contributed by atoms with Gasteiger partial charge in [0.25, 0.3) is 5.91 Å². The van der Waals surface area contributed by atoms with Crippen molar-refractivity contribution < 1.29 is 23.8 Å².